The first-order valence-corrected chi connectivity index (χ1v) is 6.73. The molecule has 0 bridgehead atoms. The Balaban J connectivity index is 1.86. The molecular weight excluding hydrogens is 228 g/mol. The lowest BCUT2D eigenvalue weighted by molar-refractivity contribution is 0.324. The highest BCUT2D eigenvalue weighted by molar-refractivity contribution is 5.47. The highest BCUT2D eigenvalue weighted by Gasteiger charge is 2.13. The van der Waals surface area contributed by atoms with Gasteiger partial charge in [-0.15, -0.1) is 0 Å². The van der Waals surface area contributed by atoms with Gasteiger partial charge >= 0.3 is 0 Å². The van der Waals surface area contributed by atoms with Gasteiger partial charge in [0.1, 0.15) is 12.1 Å². The Morgan fingerprint density at radius 2 is 2.39 bits per heavy atom. The molecule has 0 saturated carbocycles. The third kappa shape index (κ3) is 3.32. The van der Waals surface area contributed by atoms with Crippen LogP contribution in [-0.4, -0.2) is 35.7 Å². The zero-order chi connectivity index (χ0) is 12.8. The zero-order valence-corrected chi connectivity index (χ0v) is 11.2. The number of aromatic nitrogens is 2. The molecule has 100 valence electrons. The fourth-order valence-electron chi connectivity index (χ4n) is 2.26. The minimum atomic E-state index is 0.628. The predicted octanol–water partition coefficient (Wildman–Crippen LogP) is 1.74. The summed E-state index contributed by atoms with van der Waals surface area (Å²) in [5, 5.41) is 6.86. The zero-order valence-electron chi connectivity index (χ0n) is 11.2. The van der Waals surface area contributed by atoms with Crippen LogP contribution in [0.1, 0.15) is 31.7 Å². The maximum absolute atomic E-state index is 5.45. The molecule has 0 amide bonds. The van der Waals surface area contributed by atoms with Gasteiger partial charge in [-0.1, -0.05) is 0 Å². The Morgan fingerprint density at radius 1 is 1.50 bits per heavy atom. The summed E-state index contributed by atoms with van der Waals surface area (Å²) >= 11 is 0. The van der Waals surface area contributed by atoms with Crippen molar-refractivity contribution in [3.8, 4) is 5.88 Å². The number of rotatable bonds is 6. The van der Waals surface area contributed by atoms with E-state index in [9.17, 15) is 0 Å². The highest BCUT2D eigenvalue weighted by Crippen LogP contribution is 2.20. The van der Waals surface area contributed by atoms with E-state index in [-0.39, 0.29) is 0 Å². The van der Waals surface area contributed by atoms with Crippen LogP contribution in [-0.2, 0) is 0 Å². The summed E-state index contributed by atoms with van der Waals surface area (Å²) in [6.45, 7) is 6.66. The van der Waals surface area contributed by atoms with Gasteiger partial charge in [0.25, 0.3) is 0 Å². The van der Waals surface area contributed by atoms with E-state index in [4.69, 9.17) is 4.74 Å². The molecule has 1 aliphatic rings. The van der Waals surface area contributed by atoms with Gasteiger partial charge < -0.3 is 15.4 Å². The fourth-order valence-corrected chi connectivity index (χ4v) is 2.26. The van der Waals surface area contributed by atoms with E-state index in [2.05, 4.69) is 20.6 Å². The molecule has 0 radical (unpaired) electrons. The molecule has 0 aliphatic carbocycles. The summed E-state index contributed by atoms with van der Waals surface area (Å²) in [5.74, 6) is 1.56. The van der Waals surface area contributed by atoms with Gasteiger partial charge in [-0.25, -0.2) is 9.97 Å². The second-order valence-corrected chi connectivity index (χ2v) is 4.59. The quantitative estimate of drug-likeness (QED) is 0.805. The topological polar surface area (TPSA) is 59.1 Å². The van der Waals surface area contributed by atoms with Gasteiger partial charge in [0.15, 0.2) is 0 Å². The van der Waals surface area contributed by atoms with E-state index >= 15 is 0 Å². The summed E-state index contributed by atoms with van der Waals surface area (Å²) in [7, 11) is 0. The van der Waals surface area contributed by atoms with Crippen molar-refractivity contribution in [1.82, 2.24) is 15.3 Å². The van der Waals surface area contributed by atoms with E-state index < -0.39 is 0 Å². The number of anilines is 1. The summed E-state index contributed by atoms with van der Waals surface area (Å²) in [4.78, 5) is 8.39. The second kappa shape index (κ2) is 6.54. The van der Waals surface area contributed by atoms with Crippen LogP contribution in [0.4, 0.5) is 5.82 Å². The van der Waals surface area contributed by atoms with Crippen LogP contribution in [0, 0.1) is 6.92 Å². The number of ether oxygens (including phenoxy) is 1. The van der Waals surface area contributed by atoms with Crippen LogP contribution < -0.4 is 15.4 Å². The maximum atomic E-state index is 5.45. The van der Waals surface area contributed by atoms with E-state index in [0.717, 1.165) is 30.9 Å². The monoisotopic (exact) mass is 250 g/mol. The average molecular weight is 250 g/mol. The number of hydrogen-bond acceptors (Lipinski definition) is 5. The van der Waals surface area contributed by atoms with Crippen molar-refractivity contribution in [3.05, 3.63) is 11.9 Å². The molecule has 0 aromatic carbocycles. The lowest BCUT2D eigenvalue weighted by atomic mass is 10.1. The largest absolute Gasteiger partial charge is 0.478 e. The molecular formula is C13H22N4O. The van der Waals surface area contributed by atoms with Crippen molar-refractivity contribution in [2.24, 2.45) is 0 Å². The fraction of sp³-hybridized carbons (Fsp3) is 0.692. The minimum absolute atomic E-state index is 0.628. The van der Waals surface area contributed by atoms with Gasteiger partial charge in [-0.2, -0.15) is 0 Å². The number of hydrogen-bond donors (Lipinski definition) is 2. The van der Waals surface area contributed by atoms with Gasteiger partial charge in [0.05, 0.1) is 12.2 Å². The van der Waals surface area contributed by atoms with Crippen molar-refractivity contribution in [3.63, 3.8) is 0 Å². The first-order valence-electron chi connectivity index (χ1n) is 6.73. The van der Waals surface area contributed by atoms with Gasteiger partial charge in [0, 0.05) is 12.6 Å². The van der Waals surface area contributed by atoms with Gasteiger partial charge in [0.2, 0.25) is 5.88 Å². The Kier molecular flexibility index (Phi) is 4.75. The van der Waals surface area contributed by atoms with Crippen LogP contribution in [0.25, 0.3) is 0 Å². The molecule has 2 rings (SSSR count). The van der Waals surface area contributed by atoms with Crippen LogP contribution in [0.5, 0.6) is 5.88 Å². The summed E-state index contributed by atoms with van der Waals surface area (Å²) in [6, 6.07) is 0.658. The molecule has 1 saturated heterocycles. The lowest BCUT2D eigenvalue weighted by Gasteiger charge is -2.13. The van der Waals surface area contributed by atoms with Crippen molar-refractivity contribution >= 4 is 5.82 Å². The summed E-state index contributed by atoms with van der Waals surface area (Å²) in [6.07, 6.45) is 5.27. The predicted molar refractivity (Wildman–Crippen MR) is 72.1 cm³/mol. The maximum Gasteiger partial charge on any atom is 0.221 e. The summed E-state index contributed by atoms with van der Waals surface area (Å²) in [5.41, 5.74) is 0.985. The van der Waals surface area contributed by atoms with Crippen molar-refractivity contribution in [1.29, 1.82) is 0 Å². The number of nitrogens with zero attached hydrogens (tertiary/aromatic N) is 2. The molecule has 2 N–H and O–H groups in total. The number of nitrogens with one attached hydrogen (secondary N) is 2. The van der Waals surface area contributed by atoms with Crippen molar-refractivity contribution in [2.75, 3.05) is 25.0 Å². The Labute approximate surface area is 108 Å². The normalized spacial score (nSPS) is 18.9. The molecule has 18 heavy (non-hydrogen) atoms. The van der Waals surface area contributed by atoms with E-state index in [0.29, 0.717) is 18.5 Å². The third-order valence-corrected chi connectivity index (χ3v) is 3.27. The summed E-state index contributed by atoms with van der Waals surface area (Å²) < 4.78 is 5.45. The van der Waals surface area contributed by atoms with Crippen LogP contribution >= 0.6 is 0 Å². The van der Waals surface area contributed by atoms with Crippen LogP contribution in [0.3, 0.4) is 0 Å². The molecule has 1 unspecified atom stereocenters. The molecule has 0 spiro atoms. The van der Waals surface area contributed by atoms with E-state index in [1.54, 1.807) is 6.33 Å². The van der Waals surface area contributed by atoms with E-state index in [1.165, 1.54) is 12.8 Å². The first kappa shape index (κ1) is 13.1. The Hall–Kier alpha value is -1.36. The molecule has 2 heterocycles. The first-order chi connectivity index (χ1) is 8.81. The molecule has 1 aromatic rings. The van der Waals surface area contributed by atoms with E-state index in [1.807, 2.05) is 13.8 Å². The Bertz CT molecular complexity index is 377. The SMILES string of the molecule is CCOc1ncnc(NCCC2CCCN2)c1C. The van der Waals surface area contributed by atoms with Crippen molar-refractivity contribution < 1.29 is 4.74 Å². The average Bonchev–Trinajstić information content (AvgIpc) is 2.87. The van der Waals surface area contributed by atoms with Gasteiger partial charge in [-0.3, -0.25) is 0 Å². The molecule has 1 aliphatic heterocycles. The third-order valence-electron chi connectivity index (χ3n) is 3.27. The lowest BCUT2D eigenvalue weighted by Crippen LogP contribution is -2.24. The smallest absolute Gasteiger partial charge is 0.221 e. The van der Waals surface area contributed by atoms with Crippen molar-refractivity contribution in [2.45, 2.75) is 39.2 Å². The van der Waals surface area contributed by atoms with Gasteiger partial charge in [-0.05, 0) is 39.7 Å². The minimum Gasteiger partial charge on any atom is -0.478 e. The molecule has 1 fully saturated rings. The Morgan fingerprint density at radius 3 is 3.11 bits per heavy atom. The second-order valence-electron chi connectivity index (χ2n) is 4.59. The molecule has 1 aromatic heterocycles. The standard InChI is InChI=1S/C13H22N4O/c1-3-18-13-10(2)12(16-9-17-13)15-8-6-11-5-4-7-14-11/h9,11,14H,3-8H2,1-2H3,(H,15,16,17). The molecule has 5 nitrogen and oxygen atoms in total. The van der Waals surface area contributed by atoms with Crippen LogP contribution in [0.15, 0.2) is 6.33 Å². The highest BCUT2D eigenvalue weighted by atomic mass is 16.5. The molecule has 5 heteroatoms. The van der Waals surface area contributed by atoms with Crippen LogP contribution in [0.2, 0.25) is 0 Å². The molecule has 1 atom stereocenters.